The molecule has 0 spiro atoms. The number of aromatic nitrogens is 2. The summed E-state index contributed by atoms with van der Waals surface area (Å²) in [7, 11) is 0. The number of fused-ring (bicyclic) bond motifs is 1. The number of amides is 2. The minimum Gasteiger partial charge on any atom is -0.378 e. The summed E-state index contributed by atoms with van der Waals surface area (Å²) in [6, 6.07) is 2.69. The molecule has 0 saturated carbocycles. The molecule has 0 radical (unpaired) electrons. The molecule has 1 atom stereocenters. The molecular formula is C20H20Cl2F3N5O2. The average Bonchev–Trinajstić information content (AvgIpc) is 3.17. The SMILES string of the molecule is C[C@@H](Nc1nc(Cl)nc2c1CN(C(=O)N1CCOCC1)C2)c1cc(Cl)cc(C(F)(F)F)c1. The van der Waals surface area contributed by atoms with Crippen molar-refractivity contribution in [1.82, 2.24) is 19.8 Å². The van der Waals surface area contributed by atoms with E-state index in [0.717, 1.165) is 12.1 Å². The van der Waals surface area contributed by atoms with Gasteiger partial charge in [-0.05, 0) is 42.3 Å². The number of ether oxygens (including phenoxy) is 1. The Bertz CT molecular complexity index is 1030. The zero-order valence-corrected chi connectivity index (χ0v) is 18.6. The summed E-state index contributed by atoms with van der Waals surface area (Å²) in [6.45, 7) is 4.23. The quantitative estimate of drug-likeness (QED) is 0.630. The number of hydrogen-bond donors (Lipinski definition) is 1. The van der Waals surface area contributed by atoms with Crippen LogP contribution in [0.4, 0.5) is 23.8 Å². The van der Waals surface area contributed by atoms with Gasteiger partial charge in [0, 0.05) is 23.7 Å². The van der Waals surface area contributed by atoms with Gasteiger partial charge in [0.1, 0.15) is 5.82 Å². The smallest absolute Gasteiger partial charge is 0.378 e. The van der Waals surface area contributed by atoms with E-state index in [1.54, 1.807) is 16.7 Å². The highest BCUT2D eigenvalue weighted by molar-refractivity contribution is 6.30. The lowest BCUT2D eigenvalue weighted by atomic mass is 10.0. The van der Waals surface area contributed by atoms with Gasteiger partial charge in [0.15, 0.2) is 0 Å². The maximum absolute atomic E-state index is 13.2. The van der Waals surface area contributed by atoms with E-state index >= 15 is 0 Å². The number of hydrogen-bond acceptors (Lipinski definition) is 5. The molecule has 0 aliphatic carbocycles. The molecule has 1 N–H and O–H groups in total. The van der Waals surface area contributed by atoms with Crippen molar-refractivity contribution in [2.24, 2.45) is 0 Å². The predicted molar refractivity (Wildman–Crippen MR) is 113 cm³/mol. The Morgan fingerprint density at radius 1 is 1.12 bits per heavy atom. The Labute approximate surface area is 192 Å². The fourth-order valence-electron chi connectivity index (χ4n) is 3.75. The second-order valence-corrected chi connectivity index (χ2v) is 8.42. The molecule has 1 aromatic carbocycles. The van der Waals surface area contributed by atoms with Crippen LogP contribution in [-0.2, 0) is 24.0 Å². The summed E-state index contributed by atoms with van der Waals surface area (Å²) in [6.07, 6.45) is -4.51. The van der Waals surface area contributed by atoms with Gasteiger partial charge in [0.2, 0.25) is 5.28 Å². The molecule has 0 bridgehead atoms. The second kappa shape index (κ2) is 8.92. The molecule has 3 heterocycles. The van der Waals surface area contributed by atoms with E-state index in [9.17, 15) is 18.0 Å². The first-order valence-corrected chi connectivity index (χ1v) is 10.7. The first-order valence-electron chi connectivity index (χ1n) is 9.93. The summed E-state index contributed by atoms with van der Waals surface area (Å²) in [5, 5.41) is 3.08. The normalized spacial score (nSPS) is 17.3. The molecule has 1 saturated heterocycles. The van der Waals surface area contributed by atoms with E-state index in [1.807, 2.05) is 0 Å². The molecule has 2 aliphatic rings. The minimum absolute atomic E-state index is 0.0128. The highest BCUT2D eigenvalue weighted by atomic mass is 35.5. The number of carbonyl (C=O) groups is 1. The van der Waals surface area contributed by atoms with Crippen molar-refractivity contribution in [1.29, 1.82) is 0 Å². The Morgan fingerprint density at radius 3 is 2.53 bits per heavy atom. The molecule has 1 aromatic heterocycles. The standard InChI is InChI=1S/C20H20Cl2F3N5O2/c1-11(12-6-13(20(23,24)25)8-14(21)7-12)26-17-15-9-30(10-16(15)27-18(22)28-17)19(31)29-2-4-32-5-3-29/h6-8,11H,2-5,9-10H2,1H3,(H,26,27,28)/t11-/m1/s1. The van der Waals surface area contributed by atoms with E-state index < -0.39 is 17.8 Å². The van der Waals surface area contributed by atoms with Crippen LogP contribution in [-0.4, -0.2) is 52.1 Å². The average molecular weight is 490 g/mol. The van der Waals surface area contributed by atoms with Crippen molar-refractivity contribution in [3.8, 4) is 0 Å². The molecule has 1 fully saturated rings. The summed E-state index contributed by atoms with van der Waals surface area (Å²) in [5.74, 6) is 0.373. The summed E-state index contributed by atoms with van der Waals surface area (Å²) < 4.78 is 44.8. The van der Waals surface area contributed by atoms with E-state index in [4.69, 9.17) is 27.9 Å². The van der Waals surface area contributed by atoms with Gasteiger partial charge in [0.05, 0.1) is 43.6 Å². The number of morpholine rings is 1. The van der Waals surface area contributed by atoms with E-state index in [1.165, 1.54) is 6.07 Å². The van der Waals surface area contributed by atoms with Gasteiger partial charge >= 0.3 is 12.2 Å². The van der Waals surface area contributed by atoms with Crippen LogP contribution in [0.25, 0.3) is 0 Å². The molecule has 172 valence electrons. The molecule has 7 nitrogen and oxygen atoms in total. The van der Waals surface area contributed by atoms with Crippen LogP contribution in [0.5, 0.6) is 0 Å². The van der Waals surface area contributed by atoms with Crippen LogP contribution >= 0.6 is 23.2 Å². The van der Waals surface area contributed by atoms with Crippen molar-refractivity contribution < 1.29 is 22.7 Å². The lowest BCUT2D eigenvalue weighted by Gasteiger charge is -2.30. The van der Waals surface area contributed by atoms with Crippen LogP contribution in [0.3, 0.4) is 0 Å². The first-order chi connectivity index (χ1) is 15.1. The maximum Gasteiger partial charge on any atom is 0.416 e. The summed E-state index contributed by atoms with van der Waals surface area (Å²) >= 11 is 12.0. The topological polar surface area (TPSA) is 70.6 Å². The number of carbonyl (C=O) groups excluding carboxylic acids is 1. The van der Waals surface area contributed by atoms with Gasteiger partial charge in [0.25, 0.3) is 0 Å². The zero-order chi connectivity index (χ0) is 23.0. The van der Waals surface area contributed by atoms with Crippen molar-refractivity contribution in [3.05, 3.63) is 50.9 Å². The van der Waals surface area contributed by atoms with E-state index in [-0.39, 0.29) is 29.4 Å². The third-order valence-electron chi connectivity index (χ3n) is 5.41. The van der Waals surface area contributed by atoms with Gasteiger partial charge in [-0.25, -0.2) is 14.8 Å². The van der Waals surface area contributed by atoms with Crippen LogP contribution in [0.15, 0.2) is 18.2 Å². The molecular weight excluding hydrogens is 470 g/mol. The Balaban J connectivity index is 1.56. The monoisotopic (exact) mass is 489 g/mol. The molecule has 2 amide bonds. The molecule has 2 aliphatic heterocycles. The van der Waals surface area contributed by atoms with Gasteiger partial charge in [-0.2, -0.15) is 13.2 Å². The van der Waals surface area contributed by atoms with Crippen molar-refractivity contribution in [2.45, 2.75) is 32.2 Å². The van der Waals surface area contributed by atoms with Crippen LogP contribution < -0.4 is 5.32 Å². The lowest BCUT2D eigenvalue weighted by molar-refractivity contribution is -0.137. The van der Waals surface area contributed by atoms with Gasteiger partial charge in [-0.3, -0.25) is 0 Å². The number of urea groups is 1. The molecule has 2 aromatic rings. The molecule has 12 heteroatoms. The number of nitrogens with zero attached hydrogens (tertiary/aromatic N) is 4. The third-order valence-corrected chi connectivity index (χ3v) is 5.80. The van der Waals surface area contributed by atoms with E-state index in [2.05, 4.69) is 15.3 Å². The number of benzene rings is 1. The number of nitrogens with one attached hydrogen (secondary N) is 1. The largest absolute Gasteiger partial charge is 0.416 e. The highest BCUT2D eigenvalue weighted by Gasteiger charge is 2.33. The lowest BCUT2D eigenvalue weighted by Crippen LogP contribution is -2.46. The molecule has 32 heavy (non-hydrogen) atoms. The fourth-order valence-corrected chi connectivity index (χ4v) is 4.18. The van der Waals surface area contributed by atoms with Gasteiger partial charge in [-0.15, -0.1) is 0 Å². The Kier molecular flexibility index (Phi) is 6.37. The predicted octanol–water partition coefficient (Wildman–Crippen LogP) is 4.74. The Hall–Kier alpha value is -2.30. The van der Waals surface area contributed by atoms with Crippen LogP contribution in [0.1, 0.15) is 35.3 Å². The molecule has 4 rings (SSSR count). The second-order valence-electron chi connectivity index (χ2n) is 7.64. The number of anilines is 1. The Morgan fingerprint density at radius 2 is 1.84 bits per heavy atom. The van der Waals surface area contributed by atoms with Crippen molar-refractivity contribution in [3.63, 3.8) is 0 Å². The van der Waals surface area contributed by atoms with Crippen molar-refractivity contribution in [2.75, 3.05) is 31.6 Å². The number of alkyl halides is 3. The van der Waals surface area contributed by atoms with Gasteiger partial charge in [-0.1, -0.05) is 11.6 Å². The highest BCUT2D eigenvalue weighted by Crippen LogP contribution is 2.35. The first kappa shape index (κ1) is 22.9. The molecule has 0 unspecified atom stereocenters. The fraction of sp³-hybridized carbons (Fsp3) is 0.450. The zero-order valence-electron chi connectivity index (χ0n) is 17.0. The summed E-state index contributed by atoms with van der Waals surface area (Å²) in [4.78, 5) is 24.7. The summed E-state index contributed by atoms with van der Waals surface area (Å²) in [5.41, 5.74) is 0.791. The maximum atomic E-state index is 13.2. The van der Waals surface area contributed by atoms with Crippen LogP contribution in [0.2, 0.25) is 10.3 Å². The van der Waals surface area contributed by atoms with Gasteiger partial charge < -0.3 is 19.9 Å². The minimum atomic E-state index is -4.51. The van der Waals surface area contributed by atoms with Crippen LogP contribution in [0, 0.1) is 0 Å². The number of halogens is 5. The van der Waals surface area contributed by atoms with Crippen molar-refractivity contribution >= 4 is 35.1 Å². The third kappa shape index (κ3) is 4.87. The number of rotatable bonds is 3. The van der Waals surface area contributed by atoms with E-state index in [0.29, 0.717) is 48.9 Å².